The van der Waals surface area contributed by atoms with Gasteiger partial charge in [-0.05, 0) is 40.8 Å². The largest absolute Gasteiger partial charge is 0.400 e. The molecule has 3 atom stereocenters. The topological polar surface area (TPSA) is 74.9 Å². The number of hydrogen-bond donors (Lipinski definition) is 3. The highest BCUT2D eigenvalue weighted by atomic mass is 35.5. The van der Waals surface area contributed by atoms with Crippen LogP contribution in [0.15, 0.2) is 54.7 Å². The van der Waals surface area contributed by atoms with Crippen molar-refractivity contribution in [2.24, 2.45) is 0 Å². The zero-order chi connectivity index (χ0) is 20.1. The van der Waals surface area contributed by atoms with E-state index in [1.165, 1.54) is 5.56 Å². The van der Waals surface area contributed by atoms with Crippen molar-refractivity contribution in [2.75, 3.05) is 13.7 Å². The number of hydrogen-bond acceptors (Lipinski definition) is 4. The smallest absolute Gasteiger partial charge is 0.0855 e. The summed E-state index contributed by atoms with van der Waals surface area (Å²) in [6.45, 7) is 0.695. The van der Waals surface area contributed by atoms with Crippen LogP contribution < -0.4 is 0 Å². The van der Waals surface area contributed by atoms with Crippen LogP contribution in [0.2, 0.25) is 5.02 Å². The Hall–Kier alpha value is -1.89. The molecule has 1 fully saturated rings. The van der Waals surface area contributed by atoms with E-state index in [2.05, 4.69) is 29.0 Å². The summed E-state index contributed by atoms with van der Waals surface area (Å²) in [7, 11) is 1.00. The zero-order valence-corrected chi connectivity index (χ0v) is 16.6. The summed E-state index contributed by atoms with van der Waals surface area (Å²) in [5.41, 5.74) is 3.34. The van der Waals surface area contributed by atoms with Crippen LogP contribution in [0, 0.1) is 0 Å². The van der Waals surface area contributed by atoms with E-state index in [1.54, 1.807) is 0 Å². The number of fused-ring (bicyclic) bond motifs is 1. The Labute approximate surface area is 169 Å². The van der Waals surface area contributed by atoms with Crippen LogP contribution >= 0.6 is 11.6 Å². The van der Waals surface area contributed by atoms with Gasteiger partial charge in [0.05, 0.1) is 24.9 Å². The highest BCUT2D eigenvalue weighted by Gasteiger charge is 2.29. The van der Waals surface area contributed by atoms with Crippen molar-refractivity contribution in [1.29, 1.82) is 0 Å². The minimum atomic E-state index is -0.442. The van der Waals surface area contributed by atoms with Gasteiger partial charge in [0.1, 0.15) is 0 Å². The lowest BCUT2D eigenvalue weighted by Gasteiger charge is -2.32. The second-order valence-electron chi connectivity index (χ2n) is 6.94. The summed E-state index contributed by atoms with van der Waals surface area (Å²) in [4.78, 5) is 0. The molecule has 2 aromatic carbocycles. The van der Waals surface area contributed by atoms with Crippen LogP contribution in [0.3, 0.4) is 0 Å². The van der Waals surface area contributed by atoms with E-state index >= 15 is 0 Å². The minimum Gasteiger partial charge on any atom is -0.400 e. The maximum atomic E-state index is 10.1. The van der Waals surface area contributed by atoms with Gasteiger partial charge in [-0.1, -0.05) is 35.9 Å². The number of nitrogens with zero attached hydrogens (tertiary/aromatic N) is 1. The molecular weight excluding hydrogens is 378 g/mol. The van der Waals surface area contributed by atoms with Gasteiger partial charge in [-0.25, -0.2) is 0 Å². The summed E-state index contributed by atoms with van der Waals surface area (Å²) in [6.07, 6.45) is 2.18. The van der Waals surface area contributed by atoms with Gasteiger partial charge >= 0.3 is 0 Å². The lowest BCUT2D eigenvalue weighted by molar-refractivity contribution is -0.113. The van der Waals surface area contributed by atoms with Crippen molar-refractivity contribution < 1.29 is 20.1 Å². The summed E-state index contributed by atoms with van der Waals surface area (Å²) in [5.74, 6) is 0. The van der Waals surface area contributed by atoms with Crippen molar-refractivity contribution in [3.63, 3.8) is 0 Å². The second kappa shape index (κ2) is 9.54. The molecule has 0 aliphatic carbocycles. The highest BCUT2D eigenvalue weighted by Crippen LogP contribution is 2.33. The van der Waals surface area contributed by atoms with E-state index in [0.29, 0.717) is 12.8 Å². The lowest BCUT2D eigenvalue weighted by atomic mass is 9.96. The van der Waals surface area contributed by atoms with E-state index in [4.69, 9.17) is 21.4 Å². The molecule has 0 bridgehead atoms. The van der Waals surface area contributed by atoms with Gasteiger partial charge in [-0.15, -0.1) is 0 Å². The third kappa shape index (κ3) is 4.74. The first-order valence-electron chi connectivity index (χ1n) is 9.34. The summed E-state index contributed by atoms with van der Waals surface area (Å²) < 4.78 is 8.15. The maximum absolute atomic E-state index is 10.1. The molecule has 3 N–H and O–H groups in total. The fourth-order valence-corrected chi connectivity index (χ4v) is 3.77. The third-order valence-electron chi connectivity index (χ3n) is 5.02. The molecule has 28 heavy (non-hydrogen) atoms. The molecule has 5 nitrogen and oxygen atoms in total. The first kappa shape index (κ1) is 20.8. The average Bonchev–Trinajstić information content (AvgIpc) is 3.12. The Kier molecular flexibility index (Phi) is 7.10. The molecule has 150 valence electrons. The standard InChI is InChI=1S/C21H22ClNO3.CH4O/c22-17-5-1-14(2-6-17)12-23-8-7-15-3-4-16(9-20(15)23)21-11-18(25)10-19(13-24)26-21;1-2/h1-9,18-19,21,24-25H,10-13H2;2H,1H3. The average molecular weight is 404 g/mol. The normalized spacial score (nSPS) is 22.0. The number of aliphatic hydroxyl groups is 3. The van der Waals surface area contributed by atoms with Gasteiger partial charge in [0, 0.05) is 43.2 Å². The SMILES string of the molecule is CO.OCC1CC(O)CC(c2ccc3ccn(Cc4ccc(Cl)cc4)c3c2)O1. The molecule has 4 rings (SSSR count). The maximum Gasteiger partial charge on any atom is 0.0855 e. The van der Waals surface area contributed by atoms with E-state index < -0.39 is 6.10 Å². The molecule has 1 aliphatic heterocycles. The molecule has 0 radical (unpaired) electrons. The predicted molar refractivity (Wildman–Crippen MR) is 111 cm³/mol. The molecule has 1 aromatic heterocycles. The summed E-state index contributed by atoms with van der Waals surface area (Å²) >= 11 is 5.97. The quantitative estimate of drug-likeness (QED) is 0.623. The monoisotopic (exact) mass is 403 g/mol. The molecule has 3 aromatic rings. The summed E-state index contributed by atoms with van der Waals surface area (Å²) in [5, 5.41) is 28.4. The first-order chi connectivity index (χ1) is 13.6. The number of rotatable bonds is 4. The summed E-state index contributed by atoms with van der Waals surface area (Å²) in [6, 6.07) is 16.2. The van der Waals surface area contributed by atoms with E-state index in [-0.39, 0.29) is 18.8 Å². The van der Waals surface area contributed by atoms with Gasteiger partial charge < -0.3 is 24.6 Å². The first-order valence-corrected chi connectivity index (χ1v) is 9.72. The fourth-order valence-electron chi connectivity index (χ4n) is 3.65. The van der Waals surface area contributed by atoms with Gasteiger partial charge in [0.25, 0.3) is 0 Å². The molecule has 6 heteroatoms. The molecule has 1 aliphatic rings. The molecule has 3 unspecified atom stereocenters. The Morgan fingerprint density at radius 3 is 2.54 bits per heavy atom. The van der Waals surface area contributed by atoms with Gasteiger partial charge in [-0.3, -0.25) is 0 Å². The van der Waals surface area contributed by atoms with Crippen LogP contribution in [0.1, 0.15) is 30.1 Å². The molecule has 0 amide bonds. The van der Waals surface area contributed by atoms with Crippen LogP contribution in [0.5, 0.6) is 0 Å². The number of benzene rings is 2. The third-order valence-corrected chi connectivity index (χ3v) is 5.27. The number of aromatic nitrogens is 1. The van der Waals surface area contributed by atoms with Crippen LogP contribution in [0.4, 0.5) is 0 Å². The minimum absolute atomic E-state index is 0.0667. The fraction of sp³-hybridized carbons (Fsp3) is 0.364. The number of halogens is 1. The van der Waals surface area contributed by atoms with Crippen molar-refractivity contribution in [1.82, 2.24) is 4.57 Å². The van der Waals surface area contributed by atoms with E-state index in [0.717, 1.165) is 35.1 Å². The van der Waals surface area contributed by atoms with Gasteiger partial charge in [-0.2, -0.15) is 0 Å². The molecule has 2 heterocycles. The van der Waals surface area contributed by atoms with Gasteiger partial charge in [0.15, 0.2) is 0 Å². The van der Waals surface area contributed by atoms with Crippen LogP contribution in [-0.4, -0.2) is 45.8 Å². The Balaban J connectivity index is 0.00000109. The van der Waals surface area contributed by atoms with E-state index in [1.807, 2.05) is 30.3 Å². The number of aliphatic hydroxyl groups excluding tert-OH is 3. The molecular formula is C22H26ClNO4. The van der Waals surface area contributed by atoms with Crippen LogP contribution in [0.25, 0.3) is 10.9 Å². The predicted octanol–water partition coefficient (Wildman–Crippen LogP) is 3.52. The number of ether oxygens (including phenoxy) is 1. The molecule has 1 saturated heterocycles. The lowest BCUT2D eigenvalue weighted by Crippen LogP contribution is -2.33. The highest BCUT2D eigenvalue weighted by molar-refractivity contribution is 6.30. The Morgan fingerprint density at radius 2 is 1.82 bits per heavy atom. The second-order valence-corrected chi connectivity index (χ2v) is 7.38. The Morgan fingerprint density at radius 1 is 1.07 bits per heavy atom. The molecule has 0 spiro atoms. The van der Waals surface area contributed by atoms with Crippen LogP contribution in [-0.2, 0) is 11.3 Å². The van der Waals surface area contributed by atoms with E-state index in [9.17, 15) is 10.2 Å². The van der Waals surface area contributed by atoms with Crippen molar-refractivity contribution in [3.8, 4) is 0 Å². The van der Waals surface area contributed by atoms with Gasteiger partial charge in [0.2, 0.25) is 0 Å². The zero-order valence-electron chi connectivity index (χ0n) is 15.8. The van der Waals surface area contributed by atoms with Crippen molar-refractivity contribution in [2.45, 2.75) is 37.7 Å². The molecule has 0 saturated carbocycles. The van der Waals surface area contributed by atoms with Crippen molar-refractivity contribution in [3.05, 3.63) is 70.9 Å². The van der Waals surface area contributed by atoms with Crippen molar-refractivity contribution >= 4 is 22.5 Å². The Bertz CT molecular complexity index is 893.